The summed E-state index contributed by atoms with van der Waals surface area (Å²) in [5.41, 5.74) is 0.512. The molecule has 5 heteroatoms. The second-order valence-corrected chi connectivity index (χ2v) is 5.37. The number of halogens is 2. The van der Waals surface area contributed by atoms with Gasteiger partial charge in [0.1, 0.15) is 5.75 Å². The van der Waals surface area contributed by atoms with Crippen LogP contribution in [-0.2, 0) is 0 Å². The van der Waals surface area contributed by atoms with Gasteiger partial charge in [0, 0.05) is 23.5 Å². The molecule has 0 aliphatic carbocycles. The van der Waals surface area contributed by atoms with E-state index >= 15 is 0 Å². The van der Waals surface area contributed by atoms with Gasteiger partial charge in [-0.05, 0) is 31.0 Å². The Kier molecular flexibility index (Phi) is 4.36. The minimum absolute atomic E-state index is 0.0436. The lowest BCUT2D eigenvalue weighted by atomic mass is 10.1. The molecule has 1 aliphatic rings. The van der Waals surface area contributed by atoms with Crippen molar-refractivity contribution in [3.63, 3.8) is 0 Å². The molecule has 3 nitrogen and oxygen atoms in total. The Morgan fingerprint density at radius 3 is 2.67 bits per heavy atom. The molecule has 0 N–H and O–H groups in total. The number of amides is 1. The van der Waals surface area contributed by atoms with Crippen LogP contribution < -0.4 is 4.74 Å². The third kappa shape index (κ3) is 2.90. The van der Waals surface area contributed by atoms with Crippen LogP contribution in [0.25, 0.3) is 0 Å². The highest BCUT2D eigenvalue weighted by molar-refractivity contribution is 6.31. The lowest BCUT2D eigenvalue weighted by Gasteiger charge is -2.29. The molecule has 1 heterocycles. The zero-order valence-corrected chi connectivity index (χ0v) is 11.7. The molecule has 0 spiro atoms. The van der Waals surface area contributed by atoms with Gasteiger partial charge in [0.25, 0.3) is 5.91 Å². The van der Waals surface area contributed by atoms with Crippen molar-refractivity contribution in [3.05, 3.63) is 28.8 Å². The van der Waals surface area contributed by atoms with E-state index in [0.29, 0.717) is 29.4 Å². The second kappa shape index (κ2) is 5.81. The Balaban J connectivity index is 2.20. The summed E-state index contributed by atoms with van der Waals surface area (Å²) in [5.74, 6) is 0.510. The monoisotopic (exact) mass is 287 g/mol. The topological polar surface area (TPSA) is 29.5 Å². The first-order valence-electron chi connectivity index (χ1n) is 5.88. The summed E-state index contributed by atoms with van der Waals surface area (Å²) in [6, 6.07) is 5.07. The normalized spacial score (nSPS) is 16.7. The van der Waals surface area contributed by atoms with Crippen LogP contribution in [0.2, 0.25) is 5.02 Å². The van der Waals surface area contributed by atoms with Gasteiger partial charge in [-0.25, -0.2) is 0 Å². The number of methoxy groups -OCH3 is 1. The van der Waals surface area contributed by atoms with Crippen LogP contribution in [0.3, 0.4) is 0 Å². The molecule has 98 valence electrons. The van der Waals surface area contributed by atoms with E-state index in [0.717, 1.165) is 12.8 Å². The summed E-state index contributed by atoms with van der Waals surface area (Å²) in [4.78, 5) is 14.2. The summed E-state index contributed by atoms with van der Waals surface area (Å²) < 4.78 is 5.20. The quantitative estimate of drug-likeness (QED) is 0.782. The molecule has 1 fully saturated rings. The van der Waals surface area contributed by atoms with Crippen LogP contribution >= 0.6 is 23.2 Å². The summed E-state index contributed by atoms with van der Waals surface area (Å²) >= 11 is 12.0. The molecular weight excluding hydrogens is 273 g/mol. The molecule has 1 aliphatic heterocycles. The Hall–Kier alpha value is -0.930. The maximum Gasteiger partial charge on any atom is 0.257 e. The molecule has 0 radical (unpaired) electrons. The predicted octanol–water partition coefficient (Wildman–Crippen LogP) is 3.19. The summed E-state index contributed by atoms with van der Waals surface area (Å²) in [6.07, 6.45) is 1.66. The molecule has 0 aromatic heterocycles. The Bertz CT molecular complexity index is 443. The second-order valence-electron chi connectivity index (χ2n) is 4.31. The van der Waals surface area contributed by atoms with E-state index in [1.807, 2.05) is 0 Å². The van der Waals surface area contributed by atoms with Crippen LogP contribution in [0.1, 0.15) is 23.2 Å². The van der Waals surface area contributed by atoms with E-state index in [4.69, 9.17) is 27.9 Å². The molecule has 2 rings (SSSR count). The van der Waals surface area contributed by atoms with Crippen LogP contribution in [0.5, 0.6) is 5.75 Å². The van der Waals surface area contributed by atoms with Crippen molar-refractivity contribution in [2.75, 3.05) is 20.2 Å². The molecule has 18 heavy (non-hydrogen) atoms. The Labute approximate surface area is 117 Å². The van der Waals surface area contributed by atoms with Gasteiger partial charge in [-0.3, -0.25) is 4.79 Å². The zero-order valence-electron chi connectivity index (χ0n) is 10.2. The van der Waals surface area contributed by atoms with E-state index in [1.165, 1.54) is 0 Å². The maximum absolute atomic E-state index is 12.4. The predicted molar refractivity (Wildman–Crippen MR) is 72.8 cm³/mol. The number of alkyl halides is 1. The molecule has 1 aromatic rings. The number of hydrogen-bond donors (Lipinski definition) is 0. The van der Waals surface area contributed by atoms with Crippen molar-refractivity contribution in [2.45, 2.75) is 18.2 Å². The van der Waals surface area contributed by atoms with Gasteiger partial charge in [-0.1, -0.05) is 11.6 Å². The van der Waals surface area contributed by atoms with Gasteiger partial charge in [0.2, 0.25) is 0 Å². The van der Waals surface area contributed by atoms with Gasteiger partial charge in [-0.15, -0.1) is 11.6 Å². The molecule has 0 saturated carbocycles. The number of ether oxygens (including phenoxy) is 1. The van der Waals surface area contributed by atoms with Crippen LogP contribution in [0, 0.1) is 0 Å². The SMILES string of the molecule is COc1ccc(Cl)cc1C(=O)N1CCC(Cl)CC1. The first-order valence-corrected chi connectivity index (χ1v) is 6.70. The third-order valence-corrected chi connectivity index (χ3v) is 3.78. The lowest BCUT2D eigenvalue weighted by Crippen LogP contribution is -2.38. The Morgan fingerprint density at radius 1 is 1.39 bits per heavy atom. The molecule has 1 saturated heterocycles. The number of nitrogens with zero attached hydrogens (tertiary/aromatic N) is 1. The average Bonchev–Trinajstić information content (AvgIpc) is 2.39. The summed E-state index contributed by atoms with van der Waals surface area (Å²) in [7, 11) is 1.55. The number of carbonyl (C=O) groups excluding carboxylic acids is 1. The fourth-order valence-corrected chi connectivity index (χ4v) is 2.44. The number of rotatable bonds is 2. The number of hydrogen-bond acceptors (Lipinski definition) is 2. The molecule has 1 aromatic carbocycles. The largest absolute Gasteiger partial charge is 0.496 e. The van der Waals surface area contributed by atoms with Gasteiger partial charge >= 0.3 is 0 Å². The highest BCUT2D eigenvalue weighted by Crippen LogP contribution is 2.26. The number of benzene rings is 1. The highest BCUT2D eigenvalue weighted by Gasteiger charge is 2.24. The third-order valence-electron chi connectivity index (χ3n) is 3.10. The Morgan fingerprint density at radius 2 is 2.06 bits per heavy atom. The summed E-state index contributed by atoms with van der Waals surface area (Å²) in [5, 5.41) is 0.710. The average molecular weight is 288 g/mol. The number of piperidine rings is 1. The van der Waals surface area contributed by atoms with Gasteiger partial charge in [-0.2, -0.15) is 0 Å². The number of likely N-dealkylation sites (tertiary alicyclic amines) is 1. The van der Waals surface area contributed by atoms with Crippen molar-refractivity contribution in [1.82, 2.24) is 4.90 Å². The van der Waals surface area contributed by atoms with Gasteiger partial charge < -0.3 is 9.64 Å². The van der Waals surface area contributed by atoms with Crippen molar-refractivity contribution >= 4 is 29.1 Å². The van der Waals surface area contributed by atoms with Crippen molar-refractivity contribution < 1.29 is 9.53 Å². The van der Waals surface area contributed by atoms with Crippen molar-refractivity contribution in [1.29, 1.82) is 0 Å². The number of carbonyl (C=O) groups is 1. The van der Waals surface area contributed by atoms with E-state index in [-0.39, 0.29) is 11.3 Å². The van der Waals surface area contributed by atoms with Crippen LogP contribution in [0.15, 0.2) is 18.2 Å². The first-order chi connectivity index (χ1) is 8.61. The summed E-state index contributed by atoms with van der Waals surface area (Å²) in [6.45, 7) is 1.37. The fourth-order valence-electron chi connectivity index (χ4n) is 2.07. The van der Waals surface area contributed by atoms with E-state index in [2.05, 4.69) is 0 Å². The van der Waals surface area contributed by atoms with Crippen LogP contribution in [-0.4, -0.2) is 36.4 Å². The highest BCUT2D eigenvalue weighted by atomic mass is 35.5. The fraction of sp³-hybridized carbons (Fsp3) is 0.462. The maximum atomic E-state index is 12.4. The van der Waals surface area contributed by atoms with Crippen molar-refractivity contribution in [3.8, 4) is 5.75 Å². The first kappa shape index (κ1) is 13.5. The molecule has 1 amide bonds. The zero-order chi connectivity index (χ0) is 13.1. The van der Waals surface area contributed by atoms with Crippen LogP contribution in [0.4, 0.5) is 0 Å². The lowest BCUT2D eigenvalue weighted by molar-refractivity contribution is 0.0723. The van der Waals surface area contributed by atoms with Gasteiger partial charge in [0.05, 0.1) is 12.7 Å². The molecule has 0 atom stereocenters. The minimum Gasteiger partial charge on any atom is -0.496 e. The standard InChI is InChI=1S/C13H15Cl2NO2/c1-18-12-3-2-10(15)8-11(12)13(17)16-6-4-9(14)5-7-16/h2-3,8-9H,4-7H2,1H3. The minimum atomic E-state index is -0.0436. The smallest absolute Gasteiger partial charge is 0.257 e. The molecular formula is C13H15Cl2NO2. The van der Waals surface area contributed by atoms with E-state index in [9.17, 15) is 4.79 Å². The van der Waals surface area contributed by atoms with E-state index < -0.39 is 0 Å². The molecule has 0 bridgehead atoms. The molecule has 0 unspecified atom stereocenters. The van der Waals surface area contributed by atoms with E-state index in [1.54, 1.807) is 30.2 Å². The van der Waals surface area contributed by atoms with Gasteiger partial charge in [0.15, 0.2) is 0 Å². The van der Waals surface area contributed by atoms with Crippen molar-refractivity contribution in [2.24, 2.45) is 0 Å².